The highest BCUT2D eigenvalue weighted by Gasteiger charge is 2.38. The number of aromatic nitrogens is 1. The maximum Gasteiger partial charge on any atom is 0.418 e. The SMILES string of the molecule is CS(=O)(=O)c1ccc2c(c1)N(C(=O)c1ncccc1C(F)(F)F)CCC2. The number of carbonyl (C=O) groups excluding carboxylic acids is 1. The number of nitrogens with zero attached hydrogens (tertiary/aromatic N) is 2. The Morgan fingerprint density at radius 3 is 2.62 bits per heavy atom. The van der Waals surface area contributed by atoms with Gasteiger partial charge in [0.1, 0.15) is 5.69 Å². The van der Waals surface area contributed by atoms with Crippen LogP contribution in [0.15, 0.2) is 41.4 Å². The van der Waals surface area contributed by atoms with Gasteiger partial charge in [-0.1, -0.05) is 6.07 Å². The van der Waals surface area contributed by atoms with Crippen molar-refractivity contribution in [3.05, 3.63) is 53.3 Å². The molecule has 26 heavy (non-hydrogen) atoms. The first kappa shape index (κ1) is 18.4. The van der Waals surface area contributed by atoms with Gasteiger partial charge in [-0.2, -0.15) is 13.2 Å². The van der Waals surface area contributed by atoms with Crippen molar-refractivity contribution < 1.29 is 26.4 Å². The van der Waals surface area contributed by atoms with E-state index in [2.05, 4.69) is 4.98 Å². The topological polar surface area (TPSA) is 67.3 Å². The van der Waals surface area contributed by atoms with E-state index in [1.807, 2.05) is 0 Å². The van der Waals surface area contributed by atoms with Crippen molar-refractivity contribution in [3.8, 4) is 0 Å². The largest absolute Gasteiger partial charge is 0.418 e. The molecule has 0 N–H and O–H groups in total. The van der Waals surface area contributed by atoms with Gasteiger partial charge in [-0.15, -0.1) is 0 Å². The summed E-state index contributed by atoms with van der Waals surface area (Å²) >= 11 is 0. The molecule has 0 fully saturated rings. The average Bonchev–Trinajstić information content (AvgIpc) is 2.58. The fraction of sp³-hybridized carbons (Fsp3) is 0.294. The van der Waals surface area contributed by atoms with E-state index in [0.717, 1.165) is 24.6 Å². The van der Waals surface area contributed by atoms with Crippen LogP contribution in [0.5, 0.6) is 0 Å². The molecule has 0 unspecified atom stereocenters. The van der Waals surface area contributed by atoms with Gasteiger partial charge in [0.25, 0.3) is 5.91 Å². The molecule has 0 spiro atoms. The lowest BCUT2D eigenvalue weighted by Gasteiger charge is -2.30. The molecule has 1 aromatic carbocycles. The first-order chi connectivity index (χ1) is 12.1. The fourth-order valence-electron chi connectivity index (χ4n) is 2.93. The summed E-state index contributed by atoms with van der Waals surface area (Å²) in [6.07, 6.45) is -1.39. The van der Waals surface area contributed by atoms with E-state index in [-0.39, 0.29) is 11.4 Å². The lowest BCUT2D eigenvalue weighted by atomic mass is 10.0. The Labute approximate surface area is 148 Å². The second-order valence-electron chi connectivity index (χ2n) is 6.02. The lowest BCUT2D eigenvalue weighted by molar-refractivity contribution is -0.138. The third-order valence-electron chi connectivity index (χ3n) is 4.16. The predicted octanol–water partition coefficient (Wildman–Crippen LogP) is 3.10. The van der Waals surface area contributed by atoms with Crippen LogP contribution in [0.1, 0.15) is 28.0 Å². The molecule has 2 heterocycles. The molecule has 1 amide bonds. The van der Waals surface area contributed by atoms with E-state index < -0.39 is 33.2 Å². The van der Waals surface area contributed by atoms with Gasteiger partial charge in [-0.3, -0.25) is 9.78 Å². The number of amides is 1. The molecule has 0 atom stereocenters. The molecule has 0 saturated carbocycles. The number of hydrogen-bond acceptors (Lipinski definition) is 4. The summed E-state index contributed by atoms with van der Waals surface area (Å²) in [5.74, 6) is -0.899. The van der Waals surface area contributed by atoms with Gasteiger partial charge in [0.15, 0.2) is 9.84 Å². The van der Waals surface area contributed by atoms with Crippen LogP contribution in [-0.4, -0.2) is 32.1 Å². The van der Waals surface area contributed by atoms with Gasteiger partial charge in [0.2, 0.25) is 0 Å². The van der Waals surface area contributed by atoms with Gasteiger partial charge >= 0.3 is 6.18 Å². The molecule has 138 valence electrons. The van der Waals surface area contributed by atoms with E-state index in [1.165, 1.54) is 17.0 Å². The molecular weight excluding hydrogens is 369 g/mol. The number of rotatable bonds is 2. The van der Waals surface area contributed by atoms with Crippen LogP contribution in [0.4, 0.5) is 18.9 Å². The summed E-state index contributed by atoms with van der Waals surface area (Å²) in [5, 5.41) is 0. The molecule has 2 aromatic rings. The molecule has 0 saturated heterocycles. The van der Waals surface area contributed by atoms with Crippen LogP contribution in [0.3, 0.4) is 0 Å². The minimum Gasteiger partial charge on any atom is -0.307 e. The number of sulfone groups is 1. The van der Waals surface area contributed by atoms with Crippen LogP contribution in [0.25, 0.3) is 0 Å². The highest BCUT2D eigenvalue weighted by atomic mass is 32.2. The summed E-state index contributed by atoms with van der Waals surface area (Å²) in [4.78, 5) is 17.6. The lowest BCUT2D eigenvalue weighted by Crippen LogP contribution is -2.37. The molecule has 0 aliphatic carbocycles. The highest BCUT2D eigenvalue weighted by Crippen LogP contribution is 2.34. The van der Waals surface area contributed by atoms with Crippen LogP contribution in [0.2, 0.25) is 0 Å². The van der Waals surface area contributed by atoms with Gasteiger partial charge in [-0.05, 0) is 42.7 Å². The first-order valence-corrected chi connectivity index (χ1v) is 9.65. The van der Waals surface area contributed by atoms with Gasteiger partial charge in [-0.25, -0.2) is 8.42 Å². The average molecular weight is 384 g/mol. The number of hydrogen-bond donors (Lipinski definition) is 0. The molecule has 0 radical (unpaired) electrons. The maximum atomic E-state index is 13.2. The second-order valence-corrected chi connectivity index (χ2v) is 8.04. The van der Waals surface area contributed by atoms with Crippen molar-refractivity contribution in [1.82, 2.24) is 4.98 Å². The van der Waals surface area contributed by atoms with Gasteiger partial charge < -0.3 is 4.90 Å². The normalized spacial score (nSPS) is 14.8. The second kappa shape index (κ2) is 6.39. The first-order valence-electron chi connectivity index (χ1n) is 7.76. The number of fused-ring (bicyclic) bond motifs is 1. The zero-order valence-electron chi connectivity index (χ0n) is 13.7. The zero-order valence-corrected chi connectivity index (χ0v) is 14.6. The number of aryl methyl sites for hydroxylation is 1. The van der Waals surface area contributed by atoms with Crippen molar-refractivity contribution >= 4 is 21.4 Å². The molecule has 9 heteroatoms. The van der Waals surface area contributed by atoms with E-state index in [9.17, 15) is 26.4 Å². The molecule has 0 bridgehead atoms. The number of carbonyl (C=O) groups is 1. The Kier molecular flexibility index (Phi) is 4.51. The number of halogens is 3. The van der Waals surface area contributed by atoms with Crippen molar-refractivity contribution in [3.63, 3.8) is 0 Å². The molecule has 5 nitrogen and oxygen atoms in total. The Morgan fingerprint density at radius 1 is 1.23 bits per heavy atom. The quantitative estimate of drug-likeness (QED) is 0.798. The van der Waals surface area contributed by atoms with Gasteiger partial charge in [0, 0.05) is 24.7 Å². The summed E-state index contributed by atoms with van der Waals surface area (Å²) in [6.45, 7) is 0.187. The third-order valence-corrected chi connectivity index (χ3v) is 5.27. The third kappa shape index (κ3) is 3.44. The van der Waals surface area contributed by atoms with Crippen LogP contribution in [-0.2, 0) is 22.4 Å². The van der Waals surface area contributed by atoms with Gasteiger partial charge in [0.05, 0.1) is 10.5 Å². The number of alkyl halides is 3. The Hall–Kier alpha value is -2.42. The minimum atomic E-state index is -4.72. The van der Waals surface area contributed by atoms with Crippen LogP contribution < -0.4 is 4.90 Å². The van der Waals surface area contributed by atoms with Crippen molar-refractivity contribution in [2.24, 2.45) is 0 Å². The van der Waals surface area contributed by atoms with Crippen molar-refractivity contribution in [2.75, 3.05) is 17.7 Å². The van der Waals surface area contributed by atoms with Crippen molar-refractivity contribution in [2.45, 2.75) is 23.9 Å². The van der Waals surface area contributed by atoms with E-state index in [4.69, 9.17) is 0 Å². The number of pyridine rings is 1. The van der Waals surface area contributed by atoms with Crippen LogP contribution in [0, 0.1) is 0 Å². The molecule has 1 aromatic heterocycles. The highest BCUT2D eigenvalue weighted by molar-refractivity contribution is 7.90. The Morgan fingerprint density at radius 2 is 1.96 bits per heavy atom. The summed E-state index contributed by atoms with van der Waals surface area (Å²) < 4.78 is 63.2. The summed E-state index contributed by atoms with van der Waals surface area (Å²) in [5.41, 5.74) is -0.793. The molecule has 1 aliphatic heterocycles. The standard InChI is InChI=1S/C17H15F3N2O3S/c1-26(24,25)12-7-6-11-4-3-9-22(14(11)10-12)16(23)15-13(17(18,19)20)5-2-8-21-15/h2,5-8,10H,3-4,9H2,1H3. The molecular formula is C17H15F3N2O3S. The summed E-state index contributed by atoms with van der Waals surface area (Å²) in [6, 6.07) is 6.28. The smallest absolute Gasteiger partial charge is 0.307 e. The zero-order chi connectivity index (χ0) is 19.1. The summed E-state index contributed by atoms with van der Waals surface area (Å²) in [7, 11) is -3.52. The van der Waals surface area contributed by atoms with Crippen LogP contribution >= 0.6 is 0 Å². The number of benzene rings is 1. The van der Waals surface area contributed by atoms with E-state index in [1.54, 1.807) is 6.07 Å². The fourth-order valence-corrected chi connectivity index (χ4v) is 3.57. The maximum absolute atomic E-state index is 13.2. The minimum absolute atomic E-state index is 0.00742. The Bertz CT molecular complexity index is 971. The number of anilines is 1. The van der Waals surface area contributed by atoms with E-state index in [0.29, 0.717) is 24.1 Å². The monoisotopic (exact) mass is 384 g/mol. The molecule has 3 rings (SSSR count). The van der Waals surface area contributed by atoms with Crippen molar-refractivity contribution in [1.29, 1.82) is 0 Å². The van der Waals surface area contributed by atoms with E-state index >= 15 is 0 Å². The molecule has 1 aliphatic rings. The predicted molar refractivity (Wildman–Crippen MR) is 88.8 cm³/mol. The Balaban J connectivity index is 2.10.